The van der Waals surface area contributed by atoms with E-state index in [2.05, 4.69) is 11.9 Å². The van der Waals surface area contributed by atoms with Gasteiger partial charge < -0.3 is 4.90 Å². The molecule has 0 aromatic carbocycles. The second-order valence-electron chi connectivity index (χ2n) is 4.23. The van der Waals surface area contributed by atoms with Crippen LogP contribution in [-0.4, -0.2) is 30.3 Å². The molecule has 2 fully saturated rings. The van der Waals surface area contributed by atoms with E-state index in [1.54, 1.807) is 0 Å². The first-order valence-electron chi connectivity index (χ1n) is 4.99. The maximum Gasteiger partial charge on any atom is 0.133 e. The summed E-state index contributed by atoms with van der Waals surface area (Å²) in [5, 5.41) is 0. The Balaban J connectivity index is 2.04. The van der Waals surface area contributed by atoms with Crippen LogP contribution in [0.2, 0.25) is 0 Å². The largest absolute Gasteiger partial charge is 0.303 e. The summed E-state index contributed by atoms with van der Waals surface area (Å²) in [5.74, 6) is 1.18. The van der Waals surface area contributed by atoms with E-state index in [1.807, 2.05) is 0 Å². The highest BCUT2D eigenvalue weighted by atomic mass is 16.1. The fraction of sp³-hybridized carbons (Fsp3) is 0.900. The van der Waals surface area contributed by atoms with Crippen LogP contribution in [0.15, 0.2) is 0 Å². The predicted octanol–water partition coefficient (Wildman–Crippen LogP) is 1.45. The lowest BCUT2D eigenvalue weighted by Crippen LogP contribution is -2.45. The highest BCUT2D eigenvalue weighted by molar-refractivity contribution is 5.79. The lowest BCUT2D eigenvalue weighted by atomic mass is 9.78. The third-order valence-corrected chi connectivity index (χ3v) is 3.40. The number of hydrogen-bond donors (Lipinski definition) is 0. The number of nitrogens with zero attached hydrogens (tertiary/aromatic N) is 1. The number of piperidine rings is 1. The van der Waals surface area contributed by atoms with Crippen LogP contribution >= 0.6 is 0 Å². The molecule has 0 aromatic heterocycles. The Morgan fingerprint density at radius 1 is 1.42 bits per heavy atom. The van der Waals surface area contributed by atoms with E-state index >= 15 is 0 Å². The van der Waals surface area contributed by atoms with Crippen LogP contribution < -0.4 is 0 Å². The Morgan fingerprint density at radius 2 is 2.25 bits per heavy atom. The van der Waals surface area contributed by atoms with Crippen molar-refractivity contribution in [3.8, 4) is 0 Å². The number of rotatable bonds is 0. The van der Waals surface area contributed by atoms with Crippen molar-refractivity contribution in [3.05, 3.63) is 0 Å². The molecular weight excluding hydrogens is 150 g/mol. The second kappa shape index (κ2) is 3.17. The summed E-state index contributed by atoms with van der Waals surface area (Å²) >= 11 is 0. The van der Waals surface area contributed by atoms with Crippen LogP contribution in [0.4, 0.5) is 0 Å². The second-order valence-corrected chi connectivity index (χ2v) is 4.23. The summed E-state index contributed by atoms with van der Waals surface area (Å²) < 4.78 is 0. The summed E-state index contributed by atoms with van der Waals surface area (Å²) in [4.78, 5) is 13.7. The summed E-state index contributed by atoms with van der Waals surface area (Å²) in [6.45, 7) is 1.23. The molecule has 2 aliphatic rings. The van der Waals surface area contributed by atoms with Gasteiger partial charge in [-0.1, -0.05) is 0 Å². The van der Waals surface area contributed by atoms with Crippen molar-refractivity contribution < 1.29 is 4.79 Å². The van der Waals surface area contributed by atoms with Crippen LogP contribution in [0, 0.1) is 5.92 Å². The quantitative estimate of drug-likeness (QED) is 0.544. The first-order chi connectivity index (χ1) is 5.77. The molecule has 2 nitrogen and oxygen atoms in total. The first-order valence-corrected chi connectivity index (χ1v) is 4.99. The smallest absolute Gasteiger partial charge is 0.133 e. The van der Waals surface area contributed by atoms with E-state index < -0.39 is 0 Å². The van der Waals surface area contributed by atoms with E-state index in [9.17, 15) is 4.79 Å². The molecule has 0 radical (unpaired) electrons. The fourth-order valence-corrected chi connectivity index (χ4v) is 2.72. The van der Waals surface area contributed by atoms with Crippen molar-refractivity contribution >= 4 is 5.78 Å². The standard InChI is InChI=1S/C10H17NO/c1-11-6-2-3-8-7-9(12)4-5-10(8)11/h8,10H,2-7H2,1H3/t8-,10-/m1/s1. The van der Waals surface area contributed by atoms with Gasteiger partial charge in [0.15, 0.2) is 0 Å². The Hall–Kier alpha value is -0.370. The average Bonchev–Trinajstić information content (AvgIpc) is 2.04. The molecular formula is C10H17NO. The van der Waals surface area contributed by atoms with Crippen LogP contribution in [0.1, 0.15) is 32.1 Å². The van der Waals surface area contributed by atoms with Crippen molar-refractivity contribution in [2.24, 2.45) is 5.92 Å². The van der Waals surface area contributed by atoms with Crippen LogP contribution in [0.25, 0.3) is 0 Å². The minimum Gasteiger partial charge on any atom is -0.303 e. The molecule has 2 rings (SSSR count). The molecule has 68 valence electrons. The minimum absolute atomic E-state index is 0.492. The molecule has 0 unspecified atom stereocenters. The molecule has 1 heterocycles. The molecule has 0 bridgehead atoms. The zero-order valence-corrected chi connectivity index (χ0v) is 7.75. The van der Waals surface area contributed by atoms with Gasteiger partial charge in [-0.05, 0) is 38.8 Å². The van der Waals surface area contributed by atoms with Gasteiger partial charge >= 0.3 is 0 Å². The number of likely N-dealkylation sites (tertiary alicyclic amines) is 1. The van der Waals surface area contributed by atoms with Gasteiger partial charge in [0.2, 0.25) is 0 Å². The molecule has 0 amide bonds. The number of ketones is 1. The van der Waals surface area contributed by atoms with E-state index in [1.165, 1.54) is 19.4 Å². The molecule has 1 aliphatic carbocycles. The van der Waals surface area contributed by atoms with Crippen LogP contribution in [0.5, 0.6) is 0 Å². The molecule has 0 N–H and O–H groups in total. The zero-order chi connectivity index (χ0) is 8.55. The molecule has 1 saturated carbocycles. The normalized spacial score (nSPS) is 37.9. The van der Waals surface area contributed by atoms with E-state index in [0.717, 1.165) is 25.3 Å². The SMILES string of the molecule is CN1CCC[C@@H]2CC(=O)CC[C@H]21. The number of fused-ring (bicyclic) bond motifs is 1. The first kappa shape index (κ1) is 8.24. The van der Waals surface area contributed by atoms with E-state index in [0.29, 0.717) is 11.7 Å². The zero-order valence-electron chi connectivity index (χ0n) is 7.75. The van der Waals surface area contributed by atoms with Gasteiger partial charge in [-0.2, -0.15) is 0 Å². The minimum atomic E-state index is 0.492. The molecule has 0 spiro atoms. The topological polar surface area (TPSA) is 20.3 Å². The summed E-state index contributed by atoms with van der Waals surface area (Å²) in [5.41, 5.74) is 0. The van der Waals surface area contributed by atoms with Gasteiger partial charge in [-0.15, -0.1) is 0 Å². The summed E-state index contributed by atoms with van der Waals surface area (Å²) in [6, 6.07) is 0.719. The Kier molecular flexibility index (Phi) is 2.18. The fourth-order valence-electron chi connectivity index (χ4n) is 2.72. The highest BCUT2D eigenvalue weighted by Crippen LogP contribution is 2.32. The number of hydrogen-bond acceptors (Lipinski definition) is 2. The number of carbonyl (C=O) groups is 1. The monoisotopic (exact) mass is 167 g/mol. The third-order valence-electron chi connectivity index (χ3n) is 3.40. The molecule has 1 aliphatic heterocycles. The molecule has 2 atom stereocenters. The van der Waals surface area contributed by atoms with Crippen molar-refractivity contribution in [1.29, 1.82) is 0 Å². The Labute approximate surface area is 73.9 Å². The number of Topliss-reactive ketones (excluding diaryl/α,β-unsaturated/α-hetero) is 1. The number of carbonyl (C=O) groups excluding carboxylic acids is 1. The third kappa shape index (κ3) is 1.40. The summed E-state index contributed by atoms with van der Waals surface area (Å²) in [7, 11) is 2.20. The van der Waals surface area contributed by atoms with Gasteiger partial charge in [-0.3, -0.25) is 4.79 Å². The Bertz CT molecular complexity index is 190. The van der Waals surface area contributed by atoms with Gasteiger partial charge in [0.1, 0.15) is 5.78 Å². The maximum atomic E-state index is 11.2. The van der Waals surface area contributed by atoms with Crippen LogP contribution in [-0.2, 0) is 4.79 Å². The predicted molar refractivity (Wildman–Crippen MR) is 48.0 cm³/mol. The van der Waals surface area contributed by atoms with Crippen molar-refractivity contribution in [1.82, 2.24) is 4.90 Å². The van der Waals surface area contributed by atoms with Crippen molar-refractivity contribution in [3.63, 3.8) is 0 Å². The van der Waals surface area contributed by atoms with E-state index in [-0.39, 0.29) is 0 Å². The lowest BCUT2D eigenvalue weighted by molar-refractivity contribution is -0.123. The van der Waals surface area contributed by atoms with Gasteiger partial charge in [0.05, 0.1) is 0 Å². The Morgan fingerprint density at radius 3 is 3.08 bits per heavy atom. The summed E-state index contributed by atoms with van der Waals surface area (Å²) in [6.07, 6.45) is 5.35. The molecule has 0 aromatic rings. The molecule has 12 heavy (non-hydrogen) atoms. The van der Waals surface area contributed by atoms with Gasteiger partial charge in [0.25, 0.3) is 0 Å². The van der Waals surface area contributed by atoms with Crippen LogP contribution in [0.3, 0.4) is 0 Å². The molecule has 2 heteroatoms. The lowest BCUT2D eigenvalue weighted by Gasteiger charge is -2.41. The van der Waals surface area contributed by atoms with E-state index in [4.69, 9.17) is 0 Å². The maximum absolute atomic E-state index is 11.2. The van der Waals surface area contributed by atoms with Crippen molar-refractivity contribution in [2.45, 2.75) is 38.1 Å². The van der Waals surface area contributed by atoms with Gasteiger partial charge in [-0.25, -0.2) is 0 Å². The van der Waals surface area contributed by atoms with Crippen molar-refractivity contribution in [2.75, 3.05) is 13.6 Å². The van der Waals surface area contributed by atoms with Gasteiger partial charge in [0, 0.05) is 18.9 Å². The molecule has 1 saturated heterocycles. The average molecular weight is 167 g/mol. The highest BCUT2D eigenvalue weighted by Gasteiger charge is 2.33.